The Morgan fingerprint density at radius 1 is 1.27 bits per heavy atom. The van der Waals surface area contributed by atoms with Crippen molar-refractivity contribution in [2.45, 2.75) is 37.7 Å². The van der Waals surface area contributed by atoms with Gasteiger partial charge in [0.2, 0.25) is 0 Å². The third-order valence-corrected chi connectivity index (χ3v) is 5.83. The Bertz CT molecular complexity index is 785. The van der Waals surface area contributed by atoms with Crippen LogP contribution in [0.15, 0.2) is 65.7 Å². The number of carbonyl (C=O) groups is 1. The zero-order valence-electron chi connectivity index (χ0n) is 14.8. The molecular formula is C22H22BrFO2. The minimum atomic E-state index is -0.748. The highest BCUT2D eigenvalue weighted by Gasteiger charge is 2.44. The standard InChI is InChI=1S/C22H22BrFO2/c1-3-13-22(17-6-10-19(24)11-7-17)14-12-20(21(25)26-22)15(2)16-4-8-18(23)9-5-16/h3-11,15,20H,1,12-14H2,2H3. The molecule has 1 aliphatic heterocycles. The second-order valence-corrected chi connectivity index (χ2v) is 7.82. The molecule has 0 spiro atoms. The maximum absolute atomic E-state index is 13.3. The smallest absolute Gasteiger partial charge is 0.310 e. The number of hydrogen-bond donors (Lipinski definition) is 0. The molecule has 1 saturated heterocycles. The van der Waals surface area contributed by atoms with Gasteiger partial charge in [-0.25, -0.2) is 4.39 Å². The van der Waals surface area contributed by atoms with Gasteiger partial charge < -0.3 is 4.74 Å². The van der Waals surface area contributed by atoms with Crippen LogP contribution in [0.5, 0.6) is 0 Å². The van der Waals surface area contributed by atoms with Crippen molar-refractivity contribution >= 4 is 21.9 Å². The number of esters is 1. The summed E-state index contributed by atoms with van der Waals surface area (Å²) in [6, 6.07) is 14.3. The zero-order valence-corrected chi connectivity index (χ0v) is 16.3. The number of benzene rings is 2. The van der Waals surface area contributed by atoms with E-state index >= 15 is 0 Å². The van der Waals surface area contributed by atoms with Gasteiger partial charge in [0, 0.05) is 10.9 Å². The van der Waals surface area contributed by atoms with Crippen LogP contribution in [0.4, 0.5) is 4.39 Å². The molecule has 0 aromatic heterocycles. The van der Waals surface area contributed by atoms with Crippen LogP contribution in [0.2, 0.25) is 0 Å². The monoisotopic (exact) mass is 416 g/mol. The average molecular weight is 417 g/mol. The van der Waals surface area contributed by atoms with E-state index in [4.69, 9.17) is 4.74 Å². The lowest BCUT2D eigenvalue weighted by atomic mass is 9.76. The predicted molar refractivity (Wildman–Crippen MR) is 104 cm³/mol. The Balaban J connectivity index is 1.83. The largest absolute Gasteiger partial charge is 0.454 e. The first-order valence-electron chi connectivity index (χ1n) is 8.80. The number of hydrogen-bond acceptors (Lipinski definition) is 2. The van der Waals surface area contributed by atoms with Gasteiger partial charge in [-0.05, 0) is 54.2 Å². The number of rotatable bonds is 5. The summed E-state index contributed by atoms with van der Waals surface area (Å²) in [5.74, 6) is -0.607. The molecule has 1 fully saturated rings. The Morgan fingerprint density at radius 2 is 1.92 bits per heavy atom. The number of cyclic esters (lactones) is 1. The second kappa shape index (κ2) is 7.75. The van der Waals surface area contributed by atoms with E-state index in [1.165, 1.54) is 12.1 Å². The number of carbonyl (C=O) groups excluding carboxylic acids is 1. The first kappa shape index (κ1) is 18.8. The van der Waals surface area contributed by atoms with Crippen LogP contribution in [0.3, 0.4) is 0 Å². The molecule has 0 radical (unpaired) electrons. The van der Waals surface area contributed by atoms with Crippen LogP contribution >= 0.6 is 15.9 Å². The molecule has 2 nitrogen and oxygen atoms in total. The molecule has 1 aliphatic rings. The van der Waals surface area contributed by atoms with Crippen molar-refractivity contribution in [3.8, 4) is 0 Å². The molecular weight excluding hydrogens is 395 g/mol. The van der Waals surface area contributed by atoms with Gasteiger partial charge in [0.05, 0.1) is 5.92 Å². The molecule has 0 N–H and O–H groups in total. The van der Waals surface area contributed by atoms with Crippen LogP contribution in [0, 0.1) is 11.7 Å². The van der Waals surface area contributed by atoms with Crippen LogP contribution in [-0.4, -0.2) is 5.97 Å². The highest BCUT2D eigenvalue weighted by molar-refractivity contribution is 9.10. The molecule has 2 aromatic rings. The van der Waals surface area contributed by atoms with Gasteiger partial charge in [0.1, 0.15) is 11.4 Å². The van der Waals surface area contributed by atoms with Crippen LogP contribution < -0.4 is 0 Å². The van der Waals surface area contributed by atoms with Crippen LogP contribution in [-0.2, 0) is 15.1 Å². The van der Waals surface area contributed by atoms with Gasteiger partial charge in [0.25, 0.3) is 0 Å². The fraction of sp³-hybridized carbons (Fsp3) is 0.318. The minimum absolute atomic E-state index is 0.0746. The lowest BCUT2D eigenvalue weighted by Crippen LogP contribution is -2.41. The molecule has 0 bridgehead atoms. The Kier molecular flexibility index (Phi) is 5.61. The Hall–Kier alpha value is -1.94. The minimum Gasteiger partial charge on any atom is -0.454 e. The van der Waals surface area contributed by atoms with Crippen molar-refractivity contribution in [2.75, 3.05) is 0 Å². The molecule has 26 heavy (non-hydrogen) atoms. The lowest BCUT2D eigenvalue weighted by Gasteiger charge is -2.41. The first-order chi connectivity index (χ1) is 12.4. The normalized spacial score (nSPS) is 24.0. The summed E-state index contributed by atoms with van der Waals surface area (Å²) in [4.78, 5) is 12.9. The van der Waals surface area contributed by atoms with E-state index in [1.807, 2.05) is 24.3 Å². The summed E-state index contributed by atoms with van der Waals surface area (Å²) >= 11 is 3.44. The third kappa shape index (κ3) is 3.75. The van der Waals surface area contributed by atoms with Crippen molar-refractivity contribution in [2.24, 2.45) is 5.92 Å². The predicted octanol–water partition coefficient (Wildman–Crippen LogP) is 6.12. The maximum Gasteiger partial charge on any atom is 0.310 e. The molecule has 0 saturated carbocycles. The maximum atomic E-state index is 13.3. The quantitative estimate of drug-likeness (QED) is 0.433. The van der Waals surface area contributed by atoms with E-state index < -0.39 is 5.60 Å². The van der Waals surface area contributed by atoms with E-state index in [1.54, 1.807) is 18.2 Å². The van der Waals surface area contributed by atoms with E-state index in [0.717, 1.165) is 22.0 Å². The molecule has 3 rings (SSSR count). The van der Waals surface area contributed by atoms with Gasteiger partial charge >= 0.3 is 5.97 Å². The lowest BCUT2D eigenvalue weighted by molar-refractivity contribution is -0.177. The molecule has 2 aromatic carbocycles. The van der Waals surface area contributed by atoms with Crippen molar-refractivity contribution < 1.29 is 13.9 Å². The highest BCUT2D eigenvalue weighted by atomic mass is 79.9. The first-order valence-corrected chi connectivity index (χ1v) is 9.60. The zero-order chi connectivity index (χ0) is 18.7. The van der Waals surface area contributed by atoms with Gasteiger partial charge in [-0.1, -0.05) is 53.2 Å². The van der Waals surface area contributed by atoms with Gasteiger partial charge in [-0.3, -0.25) is 4.79 Å². The molecule has 3 unspecified atom stereocenters. The summed E-state index contributed by atoms with van der Waals surface area (Å²) in [6.07, 6.45) is 3.70. The summed E-state index contributed by atoms with van der Waals surface area (Å²) in [7, 11) is 0. The Labute approximate surface area is 162 Å². The van der Waals surface area contributed by atoms with Crippen LogP contribution in [0.1, 0.15) is 43.2 Å². The SMILES string of the molecule is C=CCC1(c2ccc(F)cc2)CCC(C(C)c2ccc(Br)cc2)C(=O)O1. The summed E-state index contributed by atoms with van der Waals surface area (Å²) in [6.45, 7) is 5.87. The molecule has 1 heterocycles. The van der Waals surface area contributed by atoms with Crippen molar-refractivity contribution in [1.29, 1.82) is 0 Å². The molecule has 0 aliphatic carbocycles. The Morgan fingerprint density at radius 3 is 2.50 bits per heavy atom. The van der Waals surface area contributed by atoms with Gasteiger partial charge in [0.15, 0.2) is 0 Å². The molecule has 0 amide bonds. The topological polar surface area (TPSA) is 26.3 Å². The second-order valence-electron chi connectivity index (χ2n) is 6.90. The van der Waals surface area contributed by atoms with Gasteiger partial charge in [-0.15, -0.1) is 6.58 Å². The van der Waals surface area contributed by atoms with Crippen molar-refractivity contribution in [3.63, 3.8) is 0 Å². The van der Waals surface area contributed by atoms with E-state index in [0.29, 0.717) is 12.8 Å². The highest BCUT2D eigenvalue weighted by Crippen LogP contribution is 2.44. The summed E-state index contributed by atoms with van der Waals surface area (Å²) in [5.41, 5.74) is 1.19. The van der Waals surface area contributed by atoms with E-state index in [9.17, 15) is 9.18 Å². The summed E-state index contributed by atoms with van der Waals surface area (Å²) < 4.78 is 20.3. The molecule has 136 valence electrons. The van der Waals surface area contributed by atoms with Crippen LogP contribution in [0.25, 0.3) is 0 Å². The summed E-state index contributed by atoms with van der Waals surface area (Å²) in [5, 5.41) is 0. The number of halogens is 2. The van der Waals surface area contributed by atoms with E-state index in [-0.39, 0.29) is 23.6 Å². The van der Waals surface area contributed by atoms with E-state index in [2.05, 4.69) is 29.4 Å². The average Bonchev–Trinajstić information content (AvgIpc) is 2.63. The third-order valence-electron chi connectivity index (χ3n) is 5.30. The fourth-order valence-corrected chi connectivity index (χ4v) is 3.99. The fourth-order valence-electron chi connectivity index (χ4n) is 3.73. The number of ether oxygens (including phenoxy) is 1. The van der Waals surface area contributed by atoms with Gasteiger partial charge in [-0.2, -0.15) is 0 Å². The van der Waals surface area contributed by atoms with Crippen molar-refractivity contribution in [1.82, 2.24) is 0 Å². The van der Waals surface area contributed by atoms with Crippen molar-refractivity contribution in [3.05, 3.63) is 82.6 Å². The molecule has 4 heteroatoms. The molecule has 3 atom stereocenters.